The lowest BCUT2D eigenvalue weighted by Crippen LogP contribution is -2.39. The van der Waals surface area contributed by atoms with E-state index in [1.165, 1.54) is 4.85 Å². The van der Waals surface area contributed by atoms with Gasteiger partial charge in [-0.25, -0.2) is 19.0 Å². The molecule has 0 aliphatic carbocycles. The summed E-state index contributed by atoms with van der Waals surface area (Å²) in [6.07, 6.45) is 1.68. The van der Waals surface area contributed by atoms with Gasteiger partial charge < -0.3 is 0 Å². The maximum atomic E-state index is 10.4. The van der Waals surface area contributed by atoms with Crippen molar-refractivity contribution < 1.29 is 28.0 Å². The fourth-order valence-electron chi connectivity index (χ4n) is 1.45. The quantitative estimate of drug-likeness (QED) is 0.310. The SMILES string of the molecule is CN(C)C(On1nnc2cccnc21)=[N+](C)C.O=P(O)(O)F. The highest BCUT2D eigenvalue weighted by Gasteiger charge is 2.17. The minimum atomic E-state index is -5.14. The van der Waals surface area contributed by atoms with Crippen molar-refractivity contribution in [3.05, 3.63) is 18.3 Å². The third kappa shape index (κ3) is 5.72. The molecule has 0 aliphatic rings. The number of halogens is 1. The molecular formula is C10H17FN6O4P+. The predicted octanol–water partition coefficient (Wildman–Crippen LogP) is -0.507. The van der Waals surface area contributed by atoms with Crippen molar-refractivity contribution in [1.29, 1.82) is 0 Å². The molecule has 0 atom stereocenters. The van der Waals surface area contributed by atoms with Crippen molar-refractivity contribution in [2.45, 2.75) is 0 Å². The Bertz CT molecular complexity index is 700. The van der Waals surface area contributed by atoms with E-state index >= 15 is 0 Å². The van der Waals surface area contributed by atoms with Gasteiger partial charge in [-0.1, -0.05) is 0 Å². The van der Waals surface area contributed by atoms with Crippen molar-refractivity contribution in [2.75, 3.05) is 28.2 Å². The number of rotatable bonds is 1. The molecule has 0 saturated heterocycles. The lowest BCUT2D eigenvalue weighted by molar-refractivity contribution is -0.480. The highest BCUT2D eigenvalue weighted by Crippen LogP contribution is 2.34. The average Bonchev–Trinajstić information content (AvgIpc) is 2.76. The Kier molecular flexibility index (Phi) is 5.92. The monoisotopic (exact) mass is 335 g/mol. The maximum Gasteiger partial charge on any atom is 0.507 e. The molecule has 122 valence electrons. The molecule has 2 N–H and O–H groups in total. The van der Waals surface area contributed by atoms with E-state index in [2.05, 4.69) is 15.3 Å². The summed E-state index contributed by atoms with van der Waals surface area (Å²) in [4.78, 5) is 26.9. The summed E-state index contributed by atoms with van der Waals surface area (Å²) >= 11 is 0. The Morgan fingerprint density at radius 2 is 2.05 bits per heavy atom. The van der Waals surface area contributed by atoms with Gasteiger partial charge in [-0.05, 0) is 22.2 Å². The van der Waals surface area contributed by atoms with Gasteiger partial charge in [0.1, 0.15) is 5.52 Å². The van der Waals surface area contributed by atoms with Crippen LogP contribution >= 0.6 is 7.91 Å². The number of hydrogen-bond donors (Lipinski definition) is 2. The van der Waals surface area contributed by atoms with Crippen LogP contribution in [0.2, 0.25) is 0 Å². The summed E-state index contributed by atoms with van der Waals surface area (Å²) in [5, 5.41) is 7.87. The average molecular weight is 335 g/mol. The molecule has 0 spiro atoms. The van der Waals surface area contributed by atoms with Crippen molar-refractivity contribution in [3.63, 3.8) is 0 Å². The zero-order valence-electron chi connectivity index (χ0n) is 12.5. The van der Waals surface area contributed by atoms with E-state index in [1.807, 2.05) is 49.8 Å². The molecule has 0 amide bonds. The van der Waals surface area contributed by atoms with Gasteiger partial charge in [0.15, 0.2) is 0 Å². The van der Waals surface area contributed by atoms with Gasteiger partial charge in [0.2, 0.25) is 5.65 Å². The number of amidine groups is 1. The standard InChI is InChI=1S/C10H15N6O.FH2O3P/c1-14(2)10(15(3)4)17-16-9-8(12-13-16)6-5-7-11-9;1-5(2,3)4/h5-7H,1-4H3;(H2,2,3,4)/q+1;. The molecule has 0 aromatic carbocycles. The highest BCUT2D eigenvalue weighted by molar-refractivity contribution is 7.45. The number of aromatic nitrogens is 4. The molecule has 12 heteroatoms. The van der Waals surface area contributed by atoms with Crippen molar-refractivity contribution >= 4 is 25.1 Å². The lowest BCUT2D eigenvalue weighted by Gasteiger charge is -2.09. The molecular weight excluding hydrogens is 318 g/mol. The molecule has 2 heterocycles. The number of nitrogens with zero attached hydrogens (tertiary/aromatic N) is 6. The molecule has 2 aromatic heterocycles. The zero-order chi connectivity index (χ0) is 16.9. The first-order valence-corrected chi connectivity index (χ1v) is 7.41. The van der Waals surface area contributed by atoms with E-state index < -0.39 is 7.91 Å². The van der Waals surface area contributed by atoms with E-state index in [1.54, 1.807) is 6.20 Å². The summed E-state index contributed by atoms with van der Waals surface area (Å²) in [7, 11) is 2.42. The van der Waals surface area contributed by atoms with Crippen LogP contribution in [0.3, 0.4) is 0 Å². The summed E-state index contributed by atoms with van der Waals surface area (Å²) < 4.78 is 20.9. The van der Waals surface area contributed by atoms with Gasteiger partial charge >= 0.3 is 13.9 Å². The Balaban J connectivity index is 0.000000422. The van der Waals surface area contributed by atoms with E-state index in [9.17, 15) is 4.20 Å². The first-order chi connectivity index (χ1) is 10.1. The molecule has 22 heavy (non-hydrogen) atoms. The third-order valence-electron chi connectivity index (χ3n) is 2.11. The predicted molar refractivity (Wildman–Crippen MR) is 75.9 cm³/mol. The third-order valence-corrected chi connectivity index (χ3v) is 2.11. The van der Waals surface area contributed by atoms with Gasteiger partial charge in [-0.15, -0.1) is 9.30 Å². The van der Waals surface area contributed by atoms with Crippen LogP contribution in [-0.2, 0) is 4.57 Å². The van der Waals surface area contributed by atoms with Crippen LogP contribution in [0.5, 0.6) is 0 Å². The number of pyridine rings is 1. The van der Waals surface area contributed by atoms with E-state index in [-0.39, 0.29) is 0 Å². The van der Waals surface area contributed by atoms with E-state index in [4.69, 9.17) is 19.2 Å². The molecule has 2 rings (SSSR count). The van der Waals surface area contributed by atoms with E-state index in [0.717, 1.165) is 0 Å². The largest absolute Gasteiger partial charge is 0.507 e. The fourth-order valence-corrected chi connectivity index (χ4v) is 1.45. The molecule has 0 saturated carbocycles. The van der Waals surface area contributed by atoms with Crippen molar-refractivity contribution in [2.24, 2.45) is 0 Å². The first kappa shape index (κ1) is 18.0. The Hall–Kier alpha value is -2.10. The number of fused-ring (bicyclic) bond motifs is 1. The second-order valence-electron chi connectivity index (χ2n) is 4.44. The summed E-state index contributed by atoms with van der Waals surface area (Å²) in [5.74, 6) is 0. The van der Waals surface area contributed by atoms with Gasteiger partial charge in [0.25, 0.3) is 0 Å². The molecule has 0 fully saturated rings. The minimum Gasteiger partial charge on any atom is -0.299 e. The Labute approximate surface area is 125 Å². The van der Waals surface area contributed by atoms with Gasteiger partial charge in [-0.2, -0.15) is 0 Å². The van der Waals surface area contributed by atoms with Crippen LogP contribution in [0.15, 0.2) is 18.3 Å². The van der Waals surface area contributed by atoms with Crippen LogP contribution in [0.1, 0.15) is 0 Å². The molecule has 0 unspecified atom stereocenters. The molecule has 2 aromatic rings. The topological polar surface area (TPSA) is 117 Å². The van der Waals surface area contributed by atoms with Crippen LogP contribution < -0.4 is 4.84 Å². The summed E-state index contributed by atoms with van der Waals surface area (Å²) in [5.41, 5.74) is 1.29. The first-order valence-electron chi connectivity index (χ1n) is 5.91. The minimum absolute atomic E-state index is 0.591. The normalized spacial score (nSPS) is 10.7. The van der Waals surface area contributed by atoms with Crippen LogP contribution in [-0.4, -0.2) is 73.6 Å². The van der Waals surface area contributed by atoms with Crippen molar-refractivity contribution in [1.82, 2.24) is 25.0 Å². The second kappa shape index (κ2) is 7.25. The zero-order valence-corrected chi connectivity index (χ0v) is 13.3. The number of hydrogen-bond acceptors (Lipinski definition) is 5. The Morgan fingerprint density at radius 3 is 2.55 bits per heavy atom. The summed E-state index contributed by atoms with van der Waals surface area (Å²) in [6, 6.07) is 4.28. The highest BCUT2D eigenvalue weighted by atomic mass is 31.2. The molecule has 0 bridgehead atoms. The molecule has 0 aliphatic heterocycles. The van der Waals surface area contributed by atoms with Gasteiger partial charge in [0.05, 0.1) is 28.2 Å². The van der Waals surface area contributed by atoms with Crippen LogP contribution in [0.25, 0.3) is 11.2 Å². The molecule has 10 nitrogen and oxygen atoms in total. The Morgan fingerprint density at radius 1 is 1.45 bits per heavy atom. The van der Waals surface area contributed by atoms with Crippen molar-refractivity contribution in [3.8, 4) is 0 Å². The van der Waals surface area contributed by atoms with E-state index in [0.29, 0.717) is 17.2 Å². The summed E-state index contributed by atoms with van der Waals surface area (Å²) in [6.45, 7) is 0. The molecule has 0 radical (unpaired) electrons. The smallest absolute Gasteiger partial charge is 0.299 e. The fraction of sp³-hybridized carbons (Fsp3) is 0.400. The van der Waals surface area contributed by atoms with Gasteiger partial charge in [-0.3, -0.25) is 14.6 Å². The second-order valence-corrected chi connectivity index (χ2v) is 5.39. The van der Waals surface area contributed by atoms with Crippen LogP contribution in [0, 0.1) is 0 Å². The van der Waals surface area contributed by atoms with Crippen LogP contribution in [0.4, 0.5) is 4.20 Å². The maximum absolute atomic E-state index is 10.4. The lowest BCUT2D eigenvalue weighted by atomic mass is 10.4. The van der Waals surface area contributed by atoms with Gasteiger partial charge in [0, 0.05) is 6.20 Å².